The van der Waals surface area contributed by atoms with Gasteiger partial charge in [0, 0.05) is 26.2 Å². The van der Waals surface area contributed by atoms with Crippen molar-refractivity contribution in [3.8, 4) is 11.5 Å². The highest BCUT2D eigenvalue weighted by atomic mass is 32.1. The molecular formula is C24H28FN3O4S. The smallest absolute Gasteiger partial charge is 0.266 e. The molecule has 0 atom stereocenters. The van der Waals surface area contributed by atoms with E-state index >= 15 is 0 Å². The summed E-state index contributed by atoms with van der Waals surface area (Å²) in [7, 11) is 1.62. The number of amides is 1. The first-order valence-electron chi connectivity index (χ1n) is 11.0. The van der Waals surface area contributed by atoms with E-state index in [1.54, 1.807) is 12.0 Å². The summed E-state index contributed by atoms with van der Waals surface area (Å²) in [5.74, 6) is 0.579. The van der Waals surface area contributed by atoms with Crippen molar-refractivity contribution in [1.29, 1.82) is 0 Å². The summed E-state index contributed by atoms with van der Waals surface area (Å²) in [6.45, 7) is 6.54. The number of halogens is 1. The highest BCUT2D eigenvalue weighted by Crippen LogP contribution is 2.36. The average molecular weight is 474 g/mol. The molecule has 1 amide bonds. The fourth-order valence-electron chi connectivity index (χ4n) is 3.74. The second-order valence-corrected chi connectivity index (χ2v) is 8.83. The molecule has 7 nitrogen and oxygen atoms in total. The topological polar surface area (TPSA) is 64.1 Å². The van der Waals surface area contributed by atoms with Gasteiger partial charge in [0.15, 0.2) is 11.7 Å². The number of methoxy groups -OCH3 is 1. The third-order valence-electron chi connectivity index (χ3n) is 5.58. The van der Waals surface area contributed by atoms with Gasteiger partial charge in [0.25, 0.3) is 5.91 Å². The zero-order valence-corrected chi connectivity index (χ0v) is 19.7. The van der Waals surface area contributed by atoms with Crippen LogP contribution in [-0.4, -0.2) is 68.9 Å². The van der Waals surface area contributed by atoms with Gasteiger partial charge < -0.3 is 14.2 Å². The van der Waals surface area contributed by atoms with Crippen molar-refractivity contribution < 1.29 is 23.4 Å². The van der Waals surface area contributed by atoms with Crippen molar-refractivity contribution in [2.45, 2.75) is 13.3 Å². The summed E-state index contributed by atoms with van der Waals surface area (Å²) < 4.78 is 30.7. The van der Waals surface area contributed by atoms with E-state index in [1.165, 1.54) is 35.6 Å². The molecule has 3 aromatic rings. The number of benzene rings is 2. The van der Waals surface area contributed by atoms with Crippen molar-refractivity contribution in [2.75, 3.05) is 58.0 Å². The highest BCUT2D eigenvalue weighted by molar-refractivity contribution is 7.22. The Labute approximate surface area is 196 Å². The third-order valence-corrected chi connectivity index (χ3v) is 6.79. The van der Waals surface area contributed by atoms with Crippen LogP contribution in [0, 0.1) is 12.7 Å². The number of aromatic nitrogens is 1. The van der Waals surface area contributed by atoms with Crippen LogP contribution in [0.5, 0.6) is 11.5 Å². The predicted molar refractivity (Wildman–Crippen MR) is 127 cm³/mol. The first-order valence-corrected chi connectivity index (χ1v) is 11.8. The average Bonchev–Trinajstić information content (AvgIpc) is 3.28. The lowest BCUT2D eigenvalue weighted by Gasteiger charge is -2.27. The Bertz CT molecular complexity index is 1080. The lowest BCUT2D eigenvalue weighted by molar-refractivity contribution is -0.120. The van der Waals surface area contributed by atoms with Gasteiger partial charge in [-0.25, -0.2) is 9.37 Å². The summed E-state index contributed by atoms with van der Waals surface area (Å²) in [6, 6.07) is 9.52. The van der Waals surface area contributed by atoms with Gasteiger partial charge in [-0.1, -0.05) is 17.4 Å². The van der Waals surface area contributed by atoms with E-state index in [0.717, 1.165) is 55.0 Å². The highest BCUT2D eigenvalue weighted by Gasteiger charge is 2.22. The van der Waals surface area contributed by atoms with E-state index in [1.807, 2.05) is 19.1 Å². The van der Waals surface area contributed by atoms with Crippen LogP contribution in [0.4, 0.5) is 9.52 Å². The maximum absolute atomic E-state index is 13.2. The molecule has 0 radical (unpaired) electrons. The Kier molecular flexibility index (Phi) is 7.74. The molecule has 2 aromatic carbocycles. The second-order valence-electron chi connectivity index (χ2n) is 7.85. The molecule has 0 N–H and O–H groups in total. The van der Waals surface area contributed by atoms with Crippen molar-refractivity contribution in [3.63, 3.8) is 0 Å². The normalized spacial score (nSPS) is 14.4. The number of carbonyl (C=O) groups excluding carboxylic acids is 1. The van der Waals surface area contributed by atoms with Crippen molar-refractivity contribution in [2.24, 2.45) is 0 Å². The Hall–Kier alpha value is -2.75. The molecule has 0 bridgehead atoms. The van der Waals surface area contributed by atoms with Crippen LogP contribution < -0.4 is 14.4 Å². The minimum absolute atomic E-state index is 0.158. The van der Waals surface area contributed by atoms with E-state index in [-0.39, 0.29) is 18.3 Å². The van der Waals surface area contributed by atoms with E-state index in [0.29, 0.717) is 23.2 Å². The number of hydrogen-bond acceptors (Lipinski definition) is 7. The quantitative estimate of drug-likeness (QED) is 0.470. The Morgan fingerprint density at radius 1 is 1.21 bits per heavy atom. The fraction of sp³-hybridized carbons (Fsp3) is 0.417. The zero-order chi connectivity index (χ0) is 23.2. The Morgan fingerprint density at radius 2 is 1.97 bits per heavy atom. The SMILES string of the molecule is COc1ccc(C)c2sc(N(CCCN3CCOCC3)C(=O)COc3ccc(F)cc3)nc12. The van der Waals surface area contributed by atoms with Gasteiger partial charge >= 0.3 is 0 Å². The molecule has 1 fully saturated rings. The monoisotopic (exact) mass is 473 g/mol. The number of nitrogens with zero attached hydrogens (tertiary/aromatic N) is 3. The van der Waals surface area contributed by atoms with Crippen LogP contribution in [0.15, 0.2) is 36.4 Å². The molecule has 176 valence electrons. The maximum Gasteiger partial charge on any atom is 0.266 e. The van der Waals surface area contributed by atoms with E-state index in [2.05, 4.69) is 4.90 Å². The van der Waals surface area contributed by atoms with Gasteiger partial charge in [0.2, 0.25) is 0 Å². The molecule has 1 saturated heterocycles. The number of aryl methyl sites for hydroxylation is 1. The number of rotatable bonds is 9. The minimum atomic E-state index is -0.350. The molecule has 0 spiro atoms. The standard InChI is InChI=1S/C24H28FN3O4S/c1-17-4-9-20(30-2)22-23(17)33-24(26-22)28(11-3-10-27-12-14-31-15-13-27)21(29)16-32-19-7-5-18(25)6-8-19/h4-9H,3,10-16H2,1-2H3. The largest absolute Gasteiger partial charge is 0.494 e. The van der Waals surface area contributed by atoms with Crippen LogP contribution in [0.3, 0.4) is 0 Å². The summed E-state index contributed by atoms with van der Waals surface area (Å²) in [5, 5.41) is 0.618. The van der Waals surface area contributed by atoms with Crippen molar-refractivity contribution in [1.82, 2.24) is 9.88 Å². The summed E-state index contributed by atoms with van der Waals surface area (Å²) in [4.78, 5) is 22.0. The molecule has 1 aliphatic heterocycles. The summed E-state index contributed by atoms with van der Waals surface area (Å²) in [5.41, 5.74) is 1.83. The van der Waals surface area contributed by atoms with Crippen LogP contribution in [-0.2, 0) is 9.53 Å². The summed E-state index contributed by atoms with van der Waals surface area (Å²) in [6.07, 6.45) is 0.800. The van der Waals surface area contributed by atoms with Crippen molar-refractivity contribution >= 4 is 32.6 Å². The van der Waals surface area contributed by atoms with Crippen LogP contribution in [0.25, 0.3) is 10.2 Å². The van der Waals surface area contributed by atoms with Gasteiger partial charge in [-0.3, -0.25) is 14.6 Å². The lowest BCUT2D eigenvalue weighted by Crippen LogP contribution is -2.40. The maximum atomic E-state index is 13.2. The predicted octanol–water partition coefficient (Wildman–Crippen LogP) is 3.89. The van der Waals surface area contributed by atoms with Gasteiger partial charge in [0.1, 0.15) is 22.8 Å². The fourth-order valence-corrected chi connectivity index (χ4v) is 4.83. The van der Waals surface area contributed by atoms with Crippen LogP contribution in [0.2, 0.25) is 0 Å². The second kappa shape index (κ2) is 10.9. The molecule has 0 unspecified atom stereocenters. The number of thiazole rings is 1. The molecule has 0 aliphatic carbocycles. The molecule has 33 heavy (non-hydrogen) atoms. The molecular weight excluding hydrogens is 445 g/mol. The van der Waals surface area contributed by atoms with Gasteiger partial charge in [-0.05, 0) is 49.2 Å². The lowest BCUT2D eigenvalue weighted by atomic mass is 10.2. The van der Waals surface area contributed by atoms with E-state index < -0.39 is 0 Å². The first-order chi connectivity index (χ1) is 16.0. The molecule has 0 saturated carbocycles. The number of hydrogen-bond donors (Lipinski definition) is 0. The molecule has 1 aromatic heterocycles. The van der Waals surface area contributed by atoms with Crippen LogP contribution >= 0.6 is 11.3 Å². The minimum Gasteiger partial charge on any atom is -0.494 e. The van der Waals surface area contributed by atoms with E-state index in [4.69, 9.17) is 19.2 Å². The number of carbonyl (C=O) groups is 1. The third kappa shape index (κ3) is 5.79. The van der Waals surface area contributed by atoms with Gasteiger partial charge in [-0.2, -0.15) is 0 Å². The van der Waals surface area contributed by atoms with Gasteiger partial charge in [-0.15, -0.1) is 0 Å². The zero-order valence-electron chi connectivity index (χ0n) is 18.9. The number of morpholine rings is 1. The number of anilines is 1. The molecule has 1 aliphatic rings. The molecule has 9 heteroatoms. The van der Waals surface area contributed by atoms with Crippen molar-refractivity contribution in [3.05, 3.63) is 47.8 Å². The van der Waals surface area contributed by atoms with E-state index in [9.17, 15) is 9.18 Å². The first kappa shape index (κ1) is 23.4. The van der Waals surface area contributed by atoms with Crippen LogP contribution in [0.1, 0.15) is 12.0 Å². The Balaban J connectivity index is 1.52. The number of fused-ring (bicyclic) bond motifs is 1. The molecule has 4 rings (SSSR count). The molecule has 2 heterocycles. The Morgan fingerprint density at radius 3 is 2.70 bits per heavy atom. The summed E-state index contributed by atoms with van der Waals surface area (Å²) >= 11 is 1.47. The van der Waals surface area contributed by atoms with Gasteiger partial charge in [0.05, 0.1) is 25.0 Å². The number of ether oxygens (including phenoxy) is 3.